The van der Waals surface area contributed by atoms with Gasteiger partial charge in [0.2, 0.25) is 0 Å². The van der Waals surface area contributed by atoms with Gasteiger partial charge in [-0.3, -0.25) is 0 Å². The summed E-state index contributed by atoms with van der Waals surface area (Å²) in [4.78, 5) is 2.27. The summed E-state index contributed by atoms with van der Waals surface area (Å²) in [5.41, 5.74) is 8.28. The van der Waals surface area contributed by atoms with Crippen molar-refractivity contribution in [3.05, 3.63) is 28.8 Å². The zero-order chi connectivity index (χ0) is 15.8. The van der Waals surface area contributed by atoms with E-state index in [2.05, 4.69) is 17.9 Å². The van der Waals surface area contributed by atoms with Gasteiger partial charge in [0.05, 0.1) is 13.2 Å². The summed E-state index contributed by atoms with van der Waals surface area (Å²) in [5, 5.41) is 0.727. The summed E-state index contributed by atoms with van der Waals surface area (Å²) in [5.74, 6) is 0. The molecule has 21 heavy (non-hydrogen) atoms. The Kier molecular flexibility index (Phi) is 8.04. The number of anilines is 1. The molecule has 1 aromatic rings. The number of methoxy groups -OCH3 is 2. The first kappa shape index (κ1) is 18.2. The van der Waals surface area contributed by atoms with Crippen molar-refractivity contribution in [3.8, 4) is 0 Å². The monoisotopic (exact) mass is 314 g/mol. The Morgan fingerprint density at radius 3 is 2.52 bits per heavy atom. The molecule has 0 bridgehead atoms. The quantitative estimate of drug-likeness (QED) is 0.761. The van der Waals surface area contributed by atoms with E-state index in [0.29, 0.717) is 13.2 Å². The molecule has 0 saturated heterocycles. The summed E-state index contributed by atoms with van der Waals surface area (Å²) >= 11 is 6.19. The van der Waals surface area contributed by atoms with Crippen molar-refractivity contribution in [3.63, 3.8) is 0 Å². The number of benzene rings is 1. The van der Waals surface area contributed by atoms with E-state index in [0.717, 1.165) is 23.7 Å². The van der Waals surface area contributed by atoms with Crippen LogP contribution in [0.3, 0.4) is 0 Å². The Bertz CT molecular complexity index is 427. The number of hydrogen-bond acceptors (Lipinski definition) is 4. The van der Waals surface area contributed by atoms with Crippen LogP contribution in [-0.2, 0) is 15.9 Å². The van der Waals surface area contributed by atoms with E-state index in [9.17, 15) is 0 Å². The number of nitrogens with zero attached hydrogens (tertiary/aromatic N) is 1. The molecule has 5 heteroatoms. The van der Waals surface area contributed by atoms with Crippen molar-refractivity contribution in [1.29, 1.82) is 0 Å². The molecule has 4 nitrogen and oxygen atoms in total. The Morgan fingerprint density at radius 1 is 1.24 bits per heavy atom. The minimum Gasteiger partial charge on any atom is -0.383 e. The highest BCUT2D eigenvalue weighted by molar-refractivity contribution is 6.30. The lowest BCUT2D eigenvalue weighted by atomic mass is 10.0. The van der Waals surface area contributed by atoms with Gasteiger partial charge in [0.1, 0.15) is 0 Å². The fourth-order valence-corrected chi connectivity index (χ4v) is 2.59. The maximum atomic E-state index is 6.19. The van der Waals surface area contributed by atoms with Crippen LogP contribution >= 0.6 is 11.6 Å². The third-order valence-corrected chi connectivity index (χ3v) is 3.61. The number of ether oxygens (including phenoxy) is 2. The molecule has 0 spiro atoms. The Balaban J connectivity index is 3.10. The van der Waals surface area contributed by atoms with Crippen LogP contribution in [0, 0.1) is 0 Å². The minimum atomic E-state index is 0.104. The van der Waals surface area contributed by atoms with E-state index in [1.54, 1.807) is 14.2 Å². The third kappa shape index (κ3) is 5.83. The standard InChI is InChI=1S/C16H27ClN2O2/c1-12(18)9-14-5-6-15(17)10-16(14)19(7-8-20-3)13(2)11-21-4/h5-6,10,12-13H,7-9,11,18H2,1-4H3. The van der Waals surface area contributed by atoms with Gasteiger partial charge in [-0.2, -0.15) is 0 Å². The second kappa shape index (κ2) is 9.26. The maximum absolute atomic E-state index is 6.19. The highest BCUT2D eigenvalue weighted by Crippen LogP contribution is 2.27. The molecule has 1 aromatic carbocycles. The van der Waals surface area contributed by atoms with E-state index in [4.69, 9.17) is 26.8 Å². The highest BCUT2D eigenvalue weighted by atomic mass is 35.5. The van der Waals surface area contributed by atoms with Crippen molar-refractivity contribution < 1.29 is 9.47 Å². The Hall–Kier alpha value is -0.810. The smallest absolute Gasteiger partial charge is 0.0663 e. The van der Waals surface area contributed by atoms with Crippen molar-refractivity contribution in [2.75, 3.05) is 38.9 Å². The van der Waals surface area contributed by atoms with E-state index in [-0.39, 0.29) is 12.1 Å². The summed E-state index contributed by atoms with van der Waals surface area (Å²) in [6.45, 7) is 6.23. The SMILES string of the molecule is COCCN(c1cc(Cl)ccc1CC(C)N)C(C)COC. The first-order valence-electron chi connectivity index (χ1n) is 7.28. The molecule has 0 heterocycles. The van der Waals surface area contributed by atoms with Crippen LogP contribution in [0.15, 0.2) is 18.2 Å². The second-order valence-corrected chi connectivity index (χ2v) is 5.88. The fraction of sp³-hybridized carbons (Fsp3) is 0.625. The average Bonchev–Trinajstić information content (AvgIpc) is 2.42. The van der Waals surface area contributed by atoms with Crippen molar-refractivity contribution in [2.45, 2.75) is 32.4 Å². The largest absolute Gasteiger partial charge is 0.383 e. The lowest BCUT2D eigenvalue weighted by Gasteiger charge is -2.33. The predicted octanol–water partition coefficient (Wildman–Crippen LogP) is 2.72. The first-order chi connectivity index (χ1) is 9.99. The van der Waals surface area contributed by atoms with E-state index in [1.165, 1.54) is 5.56 Å². The molecule has 0 aliphatic carbocycles. The Morgan fingerprint density at radius 2 is 1.95 bits per heavy atom. The van der Waals surface area contributed by atoms with Gasteiger partial charge in [-0.1, -0.05) is 17.7 Å². The number of nitrogens with two attached hydrogens (primary N) is 1. The lowest BCUT2D eigenvalue weighted by Crippen LogP contribution is -2.39. The van der Waals surface area contributed by atoms with Gasteiger partial charge < -0.3 is 20.1 Å². The maximum Gasteiger partial charge on any atom is 0.0663 e. The topological polar surface area (TPSA) is 47.7 Å². The minimum absolute atomic E-state index is 0.104. The summed E-state index contributed by atoms with van der Waals surface area (Å²) < 4.78 is 10.5. The fourth-order valence-electron chi connectivity index (χ4n) is 2.42. The van der Waals surface area contributed by atoms with Gasteiger partial charge >= 0.3 is 0 Å². The molecule has 0 aliphatic rings. The van der Waals surface area contributed by atoms with Crippen LogP contribution in [0.5, 0.6) is 0 Å². The van der Waals surface area contributed by atoms with Gasteiger partial charge in [-0.25, -0.2) is 0 Å². The highest BCUT2D eigenvalue weighted by Gasteiger charge is 2.18. The predicted molar refractivity (Wildman–Crippen MR) is 89.4 cm³/mol. The first-order valence-corrected chi connectivity index (χ1v) is 7.65. The third-order valence-electron chi connectivity index (χ3n) is 3.37. The van der Waals surface area contributed by atoms with Gasteiger partial charge in [-0.05, 0) is 38.0 Å². The second-order valence-electron chi connectivity index (χ2n) is 5.44. The summed E-state index contributed by atoms with van der Waals surface area (Å²) in [7, 11) is 3.42. The zero-order valence-corrected chi connectivity index (χ0v) is 14.2. The van der Waals surface area contributed by atoms with Crippen LogP contribution in [0.1, 0.15) is 19.4 Å². The molecule has 1 rings (SSSR count). The summed E-state index contributed by atoms with van der Waals surface area (Å²) in [6, 6.07) is 6.31. The van der Waals surface area contributed by atoms with Gasteiger partial charge in [0, 0.05) is 43.6 Å². The molecule has 0 aromatic heterocycles. The van der Waals surface area contributed by atoms with E-state index < -0.39 is 0 Å². The molecule has 0 amide bonds. The number of hydrogen-bond donors (Lipinski definition) is 1. The molecular formula is C16H27ClN2O2. The molecule has 0 aliphatic heterocycles. The summed E-state index contributed by atoms with van der Waals surface area (Å²) in [6.07, 6.45) is 0.815. The van der Waals surface area contributed by atoms with Crippen LogP contribution in [0.4, 0.5) is 5.69 Å². The van der Waals surface area contributed by atoms with Crippen LogP contribution in [0.2, 0.25) is 5.02 Å². The molecule has 2 unspecified atom stereocenters. The average molecular weight is 315 g/mol. The van der Waals surface area contributed by atoms with E-state index in [1.807, 2.05) is 19.1 Å². The number of rotatable bonds is 9. The van der Waals surface area contributed by atoms with Gasteiger partial charge in [0.25, 0.3) is 0 Å². The molecular weight excluding hydrogens is 288 g/mol. The van der Waals surface area contributed by atoms with Crippen LogP contribution < -0.4 is 10.6 Å². The van der Waals surface area contributed by atoms with Crippen molar-refractivity contribution in [1.82, 2.24) is 0 Å². The lowest BCUT2D eigenvalue weighted by molar-refractivity contribution is 0.171. The molecule has 0 radical (unpaired) electrons. The van der Waals surface area contributed by atoms with Crippen LogP contribution in [-0.4, -0.2) is 46.1 Å². The Labute approximate surface area is 133 Å². The van der Waals surface area contributed by atoms with Crippen LogP contribution in [0.25, 0.3) is 0 Å². The van der Waals surface area contributed by atoms with Crippen molar-refractivity contribution >= 4 is 17.3 Å². The van der Waals surface area contributed by atoms with E-state index >= 15 is 0 Å². The molecule has 0 saturated carbocycles. The number of halogens is 1. The normalized spacial score (nSPS) is 14.0. The molecule has 0 fully saturated rings. The van der Waals surface area contributed by atoms with Gasteiger partial charge in [-0.15, -0.1) is 0 Å². The molecule has 2 N–H and O–H groups in total. The molecule has 2 atom stereocenters. The van der Waals surface area contributed by atoms with Gasteiger partial charge in [0.15, 0.2) is 0 Å². The zero-order valence-electron chi connectivity index (χ0n) is 13.4. The molecule has 120 valence electrons. The van der Waals surface area contributed by atoms with Crippen molar-refractivity contribution in [2.24, 2.45) is 5.73 Å².